The van der Waals surface area contributed by atoms with Crippen molar-refractivity contribution in [3.63, 3.8) is 0 Å². The molecular formula is C21H18O8. The monoisotopic (exact) mass is 398 g/mol. The molecule has 0 bridgehead atoms. The zero-order valence-corrected chi connectivity index (χ0v) is 15.8. The van der Waals surface area contributed by atoms with Crippen LogP contribution in [0.1, 0.15) is 23.7 Å². The Morgan fingerprint density at radius 1 is 1.21 bits per heavy atom. The van der Waals surface area contributed by atoms with Gasteiger partial charge in [-0.25, -0.2) is 0 Å². The fourth-order valence-electron chi connectivity index (χ4n) is 3.35. The van der Waals surface area contributed by atoms with Crippen LogP contribution in [0.5, 0.6) is 23.0 Å². The smallest absolute Gasteiger partial charge is 0.306 e. The van der Waals surface area contributed by atoms with Crippen molar-refractivity contribution < 1.29 is 33.3 Å². The minimum absolute atomic E-state index is 0.0348. The molecule has 150 valence electrons. The van der Waals surface area contributed by atoms with Gasteiger partial charge >= 0.3 is 5.97 Å². The van der Waals surface area contributed by atoms with Gasteiger partial charge in [0.2, 0.25) is 23.7 Å². The molecule has 29 heavy (non-hydrogen) atoms. The molecular weight excluding hydrogens is 380 g/mol. The van der Waals surface area contributed by atoms with Gasteiger partial charge in [-0.15, -0.1) is 0 Å². The number of ether oxygens (including phenoxy) is 4. The average molecular weight is 398 g/mol. The van der Waals surface area contributed by atoms with Crippen molar-refractivity contribution >= 4 is 16.9 Å². The molecule has 0 radical (unpaired) electrons. The van der Waals surface area contributed by atoms with Crippen LogP contribution in [0.4, 0.5) is 0 Å². The quantitative estimate of drug-likeness (QED) is 0.654. The lowest BCUT2D eigenvalue weighted by molar-refractivity contribution is -0.140. The van der Waals surface area contributed by atoms with Gasteiger partial charge in [-0.05, 0) is 29.8 Å². The predicted molar refractivity (Wildman–Crippen MR) is 102 cm³/mol. The van der Waals surface area contributed by atoms with Gasteiger partial charge < -0.3 is 28.5 Å². The summed E-state index contributed by atoms with van der Waals surface area (Å²) >= 11 is 0. The molecule has 0 spiro atoms. The highest BCUT2D eigenvalue weighted by Gasteiger charge is 2.30. The van der Waals surface area contributed by atoms with Crippen LogP contribution >= 0.6 is 0 Å². The zero-order valence-electron chi connectivity index (χ0n) is 15.8. The van der Waals surface area contributed by atoms with Gasteiger partial charge in [0.25, 0.3) is 0 Å². The second-order valence-electron chi connectivity index (χ2n) is 6.43. The Morgan fingerprint density at radius 3 is 2.76 bits per heavy atom. The van der Waals surface area contributed by atoms with Crippen molar-refractivity contribution in [2.45, 2.75) is 12.3 Å². The minimum Gasteiger partial charge on any atom is -0.502 e. The molecule has 3 aromatic rings. The van der Waals surface area contributed by atoms with E-state index in [9.17, 15) is 14.7 Å². The Balaban J connectivity index is 1.93. The number of hydrogen-bond donors (Lipinski definition) is 1. The Kier molecular flexibility index (Phi) is 4.75. The summed E-state index contributed by atoms with van der Waals surface area (Å²) in [7, 11) is 2.74. The number of benzene rings is 2. The van der Waals surface area contributed by atoms with Crippen LogP contribution in [-0.4, -0.2) is 32.1 Å². The van der Waals surface area contributed by atoms with Gasteiger partial charge in [-0.3, -0.25) is 9.59 Å². The van der Waals surface area contributed by atoms with E-state index >= 15 is 0 Å². The van der Waals surface area contributed by atoms with Gasteiger partial charge in [0.1, 0.15) is 5.58 Å². The zero-order chi connectivity index (χ0) is 20.5. The summed E-state index contributed by atoms with van der Waals surface area (Å²) in [5.74, 6) is -0.694. The SMILES string of the molecule is COC(=O)C[C@H](c1cc(OC)c2c(c1)OCO2)c1oc2ccccc2c(=O)c1O. The van der Waals surface area contributed by atoms with Crippen LogP contribution < -0.4 is 19.6 Å². The molecule has 1 aromatic heterocycles. The molecule has 0 unspecified atom stereocenters. The lowest BCUT2D eigenvalue weighted by Gasteiger charge is -2.18. The molecule has 2 heterocycles. The van der Waals surface area contributed by atoms with E-state index in [2.05, 4.69) is 0 Å². The Labute approximate surface area is 165 Å². The molecule has 1 atom stereocenters. The van der Waals surface area contributed by atoms with Gasteiger partial charge in [-0.1, -0.05) is 12.1 Å². The van der Waals surface area contributed by atoms with Gasteiger partial charge in [-0.2, -0.15) is 0 Å². The van der Waals surface area contributed by atoms with Crippen molar-refractivity contribution in [2.24, 2.45) is 0 Å². The van der Waals surface area contributed by atoms with E-state index in [1.165, 1.54) is 14.2 Å². The topological polar surface area (TPSA) is 104 Å². The summed E-state index contributed by atoms with van der Waals surface area (Å²) in [5.41, 5.74) is 0.252. The predicted octanol–water partition coefficient (Wildman–Crippen LogP) is 2.93. The van der Waals surface area contributed by atoms with E-state index in [-0.39, 0.29) is 24.4 Å². The maximum atomic E-state index is 12.7. The van der Waals surface area contributed by atoms with E-state index in [1.54, 1.807) is 36.4 Å². The summed E-state index contributed by atoms with van der Waals surface area (Å²) in [5, 5.41) is 10.8. The molecule has 0 saturated heterocycles. The number of carbonyl (C=O) groups is 1. The first-order valence-electron chi connectivity index (χ1n) is 8.82. The molecule has 0 aliphatic carbocycles. The van der Waals surface area contributed by atoms with E-state index in [4.69, 9.17) is 23.4 Å². The second kappa shape index (κ2) is 7.38. The number of esters is 1. The lowest BCUT2D eigenvalue weighted by Crippen LogP contribution is -2.14. The molecule has 0 fully saturated rings. The first-order chi connectivity index (χ1) is 14.0. The Morgan fingerprint density at radius 2 is 2.00 bits per heavy atom. The molecule has 8 heteroatoms. The molecule has 4 rings (SSSR count). The van der Waals surface area contributed by atoms with Crippen molar-refractivity contribution in [2.75, 3.05) is 21.0 Å². The minimum atomic E-state index is -0.817. The Hall–Kier alpha value is -3.68. The number of methoxy groups -OCH3 is 2. The summed E-state index contributed by atoms with van der Waals surface area (Å²) in [4.78, 5) is 24.8. The van der Waals surface area contributed by atoms with Crippen molar-refractivity contribution in [1.82, 2.24) is 0 Å². The lowest BCUT2D eigenvalue weighted by atomic mass is 9.91. The van der Waals surface area contributed by atoms with Crippen molar-refractivity contribution in [3.05, 3.63) is 57.9 Å². The summed E-state index contributed by atoms with van der Waals surface area (Å²) in [6.45, 7) is 0.0348. The van der Waals surface area contributed by atoms with Crippen LogP contribution in [0.15, 0.2) is 45.6 Å². The van der Waals surface area contributed by atoms with E-state index in [0.717, 1.165) is 0 Å². The third-order valence-corrected chi connectivity index (χ3v) is 4.80. The number of para-hydroxylation sites is 1. The standard InChI is InChI=1S/C21H18O8/c1-25-15-7-11(8-16-21(15)28-10-27-16)13(9-17(22)26-2)20-19(24)18(23)12-5-3-4-6-14(12)29-20/h3-8,13,24H,9-10H2,1-2H3/t13-/m1/s1. The van der Waals surface area contributed by atoms with Gasteiger partial charge in [0.15, 0.2) is 17.3 Å². The average Bonchev–Trinajstić information content (AvgIpc) is 3.22. The second-order valence-corrected chi connectivity index (χ2v) is 6.43. The molecule has 2 aromatic carbocycles. The highest BCUT2D eigenvalue weighted by Crippen LogP contribution is 2.45. The van der Waals surface area contributed by atoms with E-state index in [1.807, 2.05) is 0 Å². The summed E-state index contributed by atoms with van der Waals surface area (Å²) in [6, 6.07) is 9.87. The largest absolute Gasteiger partial charge is 0.502 e. The fraction of sp³-hybridized carbons (Fsp3) is 0.238. The Bertz CT molecular complexity index is 1150. The number of fused-ring (bicyclic) bond motifs is 2. The first kappa shape index (κ1) is 18.7. The molecule has 0 amide bonds. The van der Waals surface area contributed by atoms with Crippen LogP contribution in [-0.2, 0) is 9.53 Å². The van der Waals surface area contributed by atoms with E-state index < -0.39 is 23.1 Å². The molecule has 0 saturated carbocycles. The normalized spacial score (nSPS) is 13.3. The van der Waals surface area contributed by atoms with Crippen molar-refractivity contribution in [1.29, 1.82) is 0 Å². The van der Waals surface area contributed by atoms with Crippen LogP contribution in [0, 0.1) is 0 Å². The molecule has 8 nitrogen and oxygen atoms in total. The summed E-state index contributed by atoms with van der Waals surface area (Å²) in [6.07, 6.45) is -0.172. The summed E-state index contributed by atoms with van der Waals surface area (Å²) < 4.78 is 26.9. The maximum Gasteiger partial charge on any atom is 0.306 e. The number of rotatable bonds is 5. The first-order valence-corrected chi connectivity index (χ1v) is 8.82. The highest BCUT2D eigenvalue weighted by atomic mass is 16.7. The third kappa shape index (κ3) is 3.22. The maximum absolute atomic E-state index is 12.7. The van der Waals surface area contributed by atoms with E-state index in [0.29, 0.717) is 28.4 Å². The number of aromatic hydroxyl groups is 1. The third-order valence-electron chi connectivity index (χ3n) is 4.80. The fourth-order valence-corrected chi connectivity index (χ4v) is 3.35. The van der Waals surface area contributed by atoms with Crippen LogP contribution in [0.2, 0.25) is 0 Å². The van der Waals surface area contributed by atoms with Gasteiger partial charge in [0, 0.05) is 0 Å². The number of carbonyl (C=O) groups excluding carboxylic acids is 1. The highest BCUT2D eigenvalue weighted by molar-refractivity contribution is 5.78. The molecule has 1 aliphatic heterocycles. The number of hydrogen-bond acceptors (Lipinski definition) is 8. The van der Waals surface area contributed by atoms with Crippen LogP contribution in [0.3, 0.4) is 0 Å². The van der Waals surface area contributed by atoms with Crippen molar-refractivity contribution in [3.8, 4) is 23.0 Å². The molecule has 1 aliphatic rings. The van der Waals surface area contributed by atoms with Crippen LogP contribution in [0.25, 0.3) is 11.0 Å². The van der Waals surface area contributed by atoms with Gasteiger partial charge in [0.05, 0.1) is 31.9 Å². The molecule has 1 N–H and O–H groups in total.